The SMILES string of the molecule is CCCNC(c1ccc(OC)c(Cl)c1)C1C(C)(C)C1(C)C. The summed E-state index contributed by atoms with van der Waals surface area (Å²) in [5.41, 5.74) is 1.94. The first-order valence-electron chi connectivity index (χ1n) is 7.84. The Kier molecular flexibility index (Phi) is 4.60. The monoisotopic (exact) mass is 309 g/mol. The smallest absolute Gasteiger partial charge is 0.137 e. The van der Waals surface area contributed by atoms with E-state index >= 15 is 0 Å². The topological polar surface area (TPSA) is 21.3 Å². The molecule has 0 heterocycles. The van der Waals surface area contributed by atoms with E-state index in [2.05, 4.69) is 52.1 Å². The molecule has 1 atom stereocenters. The molecule has 21 heavy (non-hydrogen) atoms. The van der Waals surface area contributed by atoms with Crippen molar-refractivity contribution >= 4 is 11.6 Å². The minimum Gasteiger partial charge on any atom is -0.495 e. The van der Waals surface area contributed by atoms with Crippen LogP contribution in [0.15, 0.2) is 18.2 Å². The molecular weight excluding hydrogens is 282 g/mol. The normalized spacial score (nSPS) is 21.1. The van der Waals surface area contributed by atoms with Gasteiger partial charge in [0, 0.05) is 6.04 Å². The number of ether oxygens (including phenoxy) is 1. The molecule has 0 spiro atoms. The van der Waals surface area contributed by atoms with Gasteiger partial charge in [-0.2, -0.15) is 0 Å². The minimum atomic E-state index is 0.338. The lowest BCUT2D eigenvalue weighted by Gasteiger charge is -2.22. The van der Waals surface area contributed by atoms with Crippen LogP contribution in [0.25, 0.3) is 0 Å². The molecule has 1 unspecified atom stereocenters. The van der Waals surface area contributed by atoms with Crippen LogP contribution in [-0.2, 0) is 0 Å². The Morgan fingerprint density at radius 3 is 2.29 bits per heavy atom. The molecule has 1 fully saturated rings. The summed E-state index contributed by atoms with van der Waals surface area (Å²) in [7, 11) is 1.65. The summed E-state index contributed by atoms with van der Waals surface area (Å²) >= 11 is 6.32. The number of benzene rings is 1. The van der Waals surface area contributed by atoms with Gasteiger partial charge in [-0.3, -0.25) is 0 Å². The van der Waals surface area contributed by atoms with Gasteiger partial charge in [-0.15, -0.1) is 0 Å². The van der Waals surface area contributed by atoms with Gasteiger partial charge in [-0.25, -0.2) is 0 Å². The third kappa shape index (κ3) is 2.80. The number of hydrogen-bond donors (Lipinski definition) is 1. The summed E-state index contributed by atoms with van der Waals surface area (Å²) in [6.07, 6.45) is 1.13. The van der Waals surface area contributed by atoms with E-state index < -0.39 is 0 Å². The highest BCUT2D eigenvalue weighted by molar-refractivity contribution is 6.32. The molecule has 1 N–H and O–H groups in total. The van der Waals surface area contributed by atoms with Crippen molar-refractivity contribution in [3.63, 3.8) is 0 Å². The molecule has 1 aromatic rings. The van der Waals surface area contributed by atoms with Crippen LogP contribution >= 0.6 is 11.6 Å². The number of methoxy groups -OCH3 is 1. The maximum Gasteiger partial charge on any atom is 0.137 e. The second-order valence-electron chi connectivity index (χ2n) is 7.25. The zero-order chi connectivity index (χ0) is 15.8. The highest BCUT2D eigenvalue weighted by Crippen LogP contribution is 2.72. The summed E-state index contributed by atoms with van der Waals surface area (Å²) in [6.45, 7) is 12.7. The van der Waals surface area contributed by atoms with E-state index in [-0.39, 0.29) is 0 Å². The number of halogens is 1. The molecule has 2 nitrogen and oxygen atoms in total. The molecule has 0 amide bonds. The molecule has 0 saturated heterocycles. The maximum absolute atomic E-state index is 6.32. The highest BCUT2D eigenvalue weighted by atomic mass is 35.5. The van der Waals surface area contributed by atoms with Crippen LogP contribution in [0.1, 0.15) is 52.6 Å². The lowest BCUT2D eigenvalue weighted by atomic mass is 9.96. The average Bonchev–Trinajstić information content (AvgIpc) is 2.82. The van der Waals surface area contributed by atoms with Crippen LogP contribution in [0.4, 0.5) is 0 Å². The van der Waals surface area contributed by atoms with Crippen LogP contribution in [-0.4, -0.2) is 13.7 Å². The Balaban J connectivity index is 2.31. The fourth-order valence-electron chi connectivity index (χ4n) is 3.68. The fourth-order valence-corrected chi connectivity index (χ4v) is 3.95. The van der Waals surface area contributed by atoms with Gasteiger partial charge in [0.25, 0.3) is 0 Å². The van der Waals surface area contributed by atoms with E-state index in [1.807, 2.05) is 6.07 Å². The van der Waals surface area contributed by atoms with Crippen molar-refractivity contribution in [1.82, 2.24) is 5.32 Å². The van der Waals surface area contributed by atoms with Crippen molar-refractivity contribution in [2.75, 3.05) is 13.7 Å². The molecule has 0 bridgehead atoms. The Morgan fingerprint density at radius 1 is 1.24 bits per heavy atom. The Hall–Kier alpha value is -0.730. The Morgan fingerprint density at radius 2 is 1.86 bits per heavy atom. The number of hydrogen-bond acceptors (Lipinski definition) is 2. The molecule has 3 heteroatoms. The van der Waals surface area contributed by atoms with Crippen LogP contribution in [0.5, 0.6) is 5.75 Å². The van der Waals surface area contributed by atoms with Crippen molar-refractivity contribution in [1.29, 1.82) is 0 Å². The molecule has 0 aromatic heterocycles. The van der Waals surface area contributed by atoms with Crippen molar-refractivity contribution in [2.24, 2.45) is 16.7 Å². The third-order valence-corrected chi connectivity index (χ3v) is 5.91. The molecule has 1 aliphatic rings. The van der Waals surface area contributed by atoms with Crippen molar-refractivity contribution in [3.05, 3.63) is 28.8 Å². The predicted molar refractivity (Wildman–Crippen MR) is 90.1 cm³/mol. The van der Waals surface area contributed by atoms with E-state index in [4.69, 9.17) is 16.3 Å². The van der Waals surface area contributed by atoms with Gasteiger partial charge in [0.15, 0.2) is 0 Å². The lowest BCUT2D eigenvalue weighted by Crippen LogP contribution is -2.26. The fraction of sp³-hybridized carbons (Fsp3) is 0.667. The van der Waals surface area contributed by atoms with Gasteiger partial charge >= 0.3 is 0 Å². The van der Waals surface area contributed by atoms with Crippen molar-refractivity contribution in [2.45, 2.75) is 47.1 Å². The molecule has 2 rings (SSSR count). The van der Waals surface area contributed by atoms with Crippen LogP contribution in [0.2, 0.25) is 5.02 Å². The standard InChI is InChI=1S/C18H28ClNO/c1-7-10-20-15(16-17(2,3)18(16,4)5)12-8-9-14(21-6)13(19)11-12/h8-9,11,15-16,20H,7,10H2,1-6H3. The Labute approximate surface area is 134 Å². The van der Waals surface area contributed by atoms with Crippen LogP contribution in [0, 0.1) is 16.7 Å². The summed E-state index contributed by atoms with van der Waals surface area (Å²) in [6, 6.07) is 6.51. The third-order valence-electron chi connectivity index (χ3n) is 5.61. The molecule has 1 aliphatic carbocycles. The quantitative estimate of drug-likeness (QED) is 0.792. The van der Waals surface area contributed by atoms with Crippen molar-refractivity contribution < 1.29 is 4.74 Å². The summed E-state index contributed by atoms with van der Waals surface area (Å²) in [4.78, 5) is 0. The predicted octanol–water partition coefficient (Wildman–Crippen LogP) is 5.07. The lowest BCUT2D eigenvalue weighted by molar-refractivity contribution is 0.404. The highest BCUT2D eigenvalue weighted by Gasteiger charge is 2.67. The van der Waals surface area contributed by atoms with Crippen LogP contribution < -0.4 is 10.1 Å². The first-order chi connectivity index (χ1) is 9.77. The van der Waals surface area contributed by atoms with Gasteiger partial charge in [-0.1, -0.05) is 52.3 Å². The van der Waals surface area contributed by atoms with E-state index in [0.29, 0.717) is 27.8 Å². The van der Waals surface area contributed by atoms with Gasteiger partial charge in [-0.05, 0) is 47.4 Å². The van der Waals surface area contributed by atoms with Crippen LogP contribution in [0.3, 0.4) is 0 Å². The Bertz CT molecular complexity index is 496. The summed E-state index contributed by atoms with van der Waals surface area (Å²) in [5.74, 6) is 1.35. The van der Waals surface area contributed by atoms with Gasteiger partial charge in [0.1, 0.15) is 5.75 Å². The van der Waals surface area contributed by atoms with Gasteiger partial charge in [0.05, 0.1) is 12.1 Å². The van der Waals surface area contributed by atoms with Gasteiger partial charge < -0.3 is 10.1 Å². The van der Waals surface area contributed by atoms with Crippen molar-refractivity contribution in [3.8, 4) is 5.75 Å². The first-order valence-corrected chi connectivity index (χ1v) is 8.22. The largest absolute Gasteiger partial charge is 0.495 e. The van der Waals surface area contributed by atoms with E-state index in [9.17, 15) is 0 Å². The molecular formula is C18H28ClNO. The molecule has 118 valence electrons. The minimum absolute atomic E-state index is 0.338. The zero-order valence-corrected chi connectivity index (χ0v) is 14.8. The van der Waals surface area contributed by atoms with E-state index in [1.54, 1.807) is 7.11 Å². The average molecular weight is 310 g/mol. The number of rotatable bonds is 6. The second-order valence-corrected chi connectivity index (χ2v) is 7.65. The maximum atomic E-state index is 6.32. The summed E-state index contributed by atoms with van der Waals surface area (Å²) < 4.78 is 5.27. The van der Waals surface area contributed by atoms with E-state index in [1.165, 1.54) is 5.56 Å². The molecule has 1 aromatic carbocycles. The van der Waals surface area contributed by atoms with E-state index in [0.717, 1.165) is 18.7 Å². The molecule has 0 radical (unpaired) electrons. The second kappa shape index (κ2) is 5.81. The zero-order valence-electron chi connectivity index (χ0n) is 14.1. The first kappa shape index (κ1) is 16.6. The summed E-state index contributed by atoms with van der Waals surface area (Å²) in [5, 5.41) is 4.41. The molecule has 0 aliphatic heterocycles. The van der Waals surface area contributed by atoms with Gasteiger partial charge in [0.2, 0.25) is 0 Å². The molecule has 1 saturated carbocycles. The number of nitrogens with one attached hydrogen (secondary N) is 1.